The van der Waals surface area contributed by atoms with Gasteiger partial charge in [-0.25, -0.2) is 0 Å². The standard InChI is InChI=1S/C11H15FN2O3S/c1-9(2)13(3)18(16,17)14(12)11(15)10-7-5-4-6-8-10/h4-9H,1-3H3. The van der Waals surface area contributed by atoms with Crippen molar-refractivity contribution < 1.29 is 17.7 Å². The summed E-state index contributed by atoms with van der Waals surface area (Å²) in [5.41, 5.74) is -0.0271. The van der Waals surface area contributed by atoms with Gasteiger partial charge in [-0.2, -0.15) is 12.7 Å². The minimum atomic E-state index is -4.44. The molecule has 0 heterocycles. The minimum Gasteiger partial charge on any atom is -0.265 e. The summed E-state index contributed by atoms with van der Waals surface area (Å²) in [6.45, 7) is 3.16. The zero-order valence-corrected chi connectivity index (χ0v) is 11.2. The van der Waals surface area contributed by atoms with Crippen LogP contribution in [-0.4, -0.2) is 36.2 Å². The summed E-state index contributed by atoms with van der Waals surface area (Å²) in [7, 11) is -3.22. The Labute approximate surface area is 106 Å². The molecule has 1 amide bonds. The van der Waals surface area contributed by atoms with Crippen LogP contribution in [-0.2, 0) is 10.2 Å². The van der Waals surface area contributed by atoms with Crippen molar-refractivity contribution in [2.24, 2.45) is 0 Å². The Balaban J connectivity index is 3.02. The van der Waals surface area contributed by atoms with Gasteiger partial charge in [0.2, 0.25) is 0 Å². The normalized spacial score (nSPS) is 11.9. The van der Waals surface area contributed by atoms with Gasteiger partial charge >= 0.3 is 10.2 Å². The van der Waals surface area contributed by atoms with Gasteiger partial charge in [-0.3, -0.25) is 4.79 Å². The number of amides is 1. The van der Waals surface area contributed by atoms with E-state index in [9.17, 15) is 17.7 Å². The van der Waals surface area contributed by atoms with E-state index < -0.39 is 26.7 Å². The summed E-state index contributed by atoms with van der Waals surface area (Å²) in [6, 6.07) is 6.95. The predicted molar refractivity (Wildman–Crippen MR) is 65.5 cm³/mol. The SMILES string of the molecule is CC(C)N(C)S(=O)(=O)N(F)C(=O)c1ccccc1. The Kier molecular flexibility index (Phi) is 4.42. The molecule has 0 N–H and O–H groups in total. The van der Waals surface area contributed by atoms with Crippen LogP contribution in [0.1, 0.15) is 24.2 Å². The second kappa shape index (κ2) is 5.45. The van der Waals surface area contributed by atoms with Crippen molar-refractivity contribution in [3.8, 4) is 0 Å². The fourth-order valence-corrected chi connectivity index (χ4v) is 2.24. The summed E-state index contributed by atoms with van der Waals surface area (Å²) in [5, 5.41) is 0. The molecule has 0 aromatic heterocycles. The molecule has 0 saturated heterocycles. The Bertz CT molecular complexity index is 516. The molecule has 0 aliphatic rings. The van der Waals surface area contributed by atoms with Gasteiger partial charge in [0.1, 0.15) is 0 Å². The highest BCUT2D eigenvalue weighted by Crippen LogP contribution is 2.14. The fraction of sp³-hybridized carbons (Fsp3) is 0.364. The van der Waals surface area contributed by atoms with Crippen molar-refractivity contribution >= 4 is 16.1 Å². The Hall–Kier alpha value is -1.47. The van der Waals surface area contributed by atoms with Gasteiger partial charge in [-0.15, -0.1) is 0 Å². The zero-order valence-electron chi connectivity index (χ0n) is 10.4. The van der Waals surface area contributed by atoms with Gasteiger partial charge in [0.25, 0.3) is 5.91 Å². The average molecular weight is 274 g/mol. The monoisotopic (exact) mass is 274 g/mol. The first-order valence-corrected chi connectivity index (χ1v) is 6.71. The van der Waals surface area contributed by atoms with Crippen LogP contribution in [0, 0.1) is 0 Å². The van der Waals surface area contributed by atoms with Crippen LogP contribution in [0.2, 0.25) is 0 Å². The number of benzene rings is 1. The topological polar surface area (TPSA) is 57.7 Å². The van der Waals surface area contributed by atoms with E-state index >= 15 is 0 Å². The predicted octanol–water partition coefficient (Wildman–Crippen LogP) is 1.60. The van der Waals surface area contributed by atoms with Crippen molar-refractivity contribution in [1.82, 2.24) is 8.83 Å². The molecule has 1 aromatic carbocycles. The summed E-state index contributed by atoms with van der Waals surface area (Å²) < 4.78 is 37.3. The van der Waals surface area contributed by atoms with Crippen LogP contribution in [0.4, 0.5) is 4.48 Å². The lowest BCUT2D eigenvalue weighted by atomic mass is 10.2. The number of nitrogens with zero attached hydrogens (tertiary/aromatic N) is 2. The molecular weight excluding hydrogens is 259 g/mol. The van der Waals surface area contributed by atoms with Gasteiger partial charge < -0.3 is 0 Å². The molecule has 0 bridgehead atoms. The largest absolute Gasteiger partial charge is 0.333 e. The highest BCUT2D eigenvalue weighted by atomic mass is 32.2. The third-order valence-electron chi connectivity index (χ3n) is 2.47. The molecule has 5 nitrogen and oxygen atoms in total. The molecule has 0 unspecified atom stereocenters. The van der Waals surface area contributed by atoms with Crippen molar-refractivity contribution in [1.29, 1.82) is 0 Å². The Morgan fingerprint density at radius 3 is 2.17 bits per heavy atom. The summed E-state index contributed by atoms with van der Waals surface area (Å²) >= 11 is 0. The van der Waals surface area contributed by atoms with Crippen LogP contribution >= 0.6 is 0 Å². The molecule has 0 aliphatic heterocycles. The molecule has 0 spiro atoms. The van der Waals surface area contributed by atoms with Crippen molar-refractivity contribution in [3.05, 3.63) is 35.9 Å². The van der Waals surface area contributed by atoms with Gasteiger partial charge in [0.15, 0.2) is 0 Å². The average Bonchev–Trinajstić information content (AvgIpc) is 2.36. The zero-order chi connectivity index (χ0) is 13.9. The lowest BCUT2D eigenvalue weighted by Crippen LogP contribution is -2.43. The van der Waals surface area contributed by atoms with E-state index in [0.29, 0.717) is 0 Å². The number of hydrogen-bond donors (Lipinski definition) is 0. The molecule has 0 fully saturated rings. The van der Waals surface area contributed by atoms with E-state index in [0.717, 1.165) is 4.31 Å². The maximum Gasteiger partial charge on any atom is 0.333 e. The van der Waals surface area contributed by atoms with Crippen LogP contribution in [0.15, 0.2) is 30.3 Å². The van der Waals surface area contributed by atoms with Gasteiger partial charge in [0, 0.05) is 18.7 Å². The fourth-order valence-electron chi connectivity index (χ4n) is 1.17. The second-order valence-corrected chi connectivity index (χ2v) is 5.80. The van der Waals surface area contributed by atoms with E-state index in [1.54, 1.807) is 19.9 Å². The van der Waals surface area contributed by atoms with E-state index in [2.05, 4.69) is 0 Å². The lowest BCUT2D eigenvalue weighted by Gasteiger charge is -2.23. The Morgan fingerprint density at radius 2 is 1.72 bits per heavy atom. The number of carbonyl (C=O) groups is 1. The first kappa shape index (κ1) is 14.6. The smallest absolute Gasteiger partial charge is 0.265 e. The third-order valence-corrected chi connectivity index (χ3v) is 4.19. The number of hydrogen-bond acceptors (Lipinski definition) is 3. The minimum absolute atomic E-state index is 0.0271. The highest BCUT2D eigenvalue weighted by Gasteiger charge is 2.33. The molecule has 0 radical (unpaired) electrons. The van der Waals surface area contributed by atoms with E-state index in [1.165, 1.54) is 31.3 Å². The molecule has 0 aliphatic carbocycles. The van der Waals surface area contributed by atoms with Crippen molar-refractivity contribution in [2.45, 2.75) is 19.9 Å². The second-order valence-electron chi connectivity index (χ2n) is 4.00. The van der Waals surface area contributed by atoms with E-state index in [-0.39, 0.29) is 5.56 Å². The van der Waals surface area contributed by atoms with E-state index in [1.807, 2.05) is 0 Å². The van der Waals surface area contributed by atoms with Gasteiger partial charge in [-0.05, 0) is 30.5 Å². The first-order valence-electron chi connectivity index (χ1n) is 5.32. The van der Waals surface area contributed by atoms with Crippen LogP contribution in [0.3, 0.4) is 0 Å². The summed E-state index contributed by atoms with van der Waals surface area (Å²) in [4.78, 5) is 11.7. The highest BCUT2D eigenvalue weighted by molar-refractivity contribution is 7.87. The molecule has 0 atom stereocenters. The van der Waals surface area contributed by atoms with Gasteiger partial charge in [0.05, 0.1) is 0 Å². The quantitative estimate of drug-likeness (QED) is 0.784. The summed E-state index contributed by atoms with van der Waals surface area (Å²) in [6.07, 6.45) is 0. The third kappa shape index (κ3) is 2.85. The van der Waals surface area contributed by atoms with Crippen LogP contribution in [0.25, 0.3) is 0 Å². The van der Waals surface area contributed by atoms with Gasteiger partial charge in [-0.1, -0.05) is 22.7 Å². The van der Waals surface area contributed by atoms with E-state index in [4.69, 9.17) is 0 Å². The summed E-state index contributed by atoms with van der Waals surface area (Å²) in [5.74, 6) is -1.21. The maximum atomic E-state index is 13.7. The molecule has 1 rings (SSSR count). The Morgan fingerprint density at radius 1 is 1.22 bits per heavy atom. The number of rotatable bonds is 4. The van der Waals surface area contributed by atoms with Crippen molar-refractivity contribution in [2.75, 3.05) is 7.05 Å². The number of halogens is 1. The van der Waals surface area contributed by atoms with Crippen molar-refractivity contribution in [3.63, 3.8) is 0 Å². The van der Waals surface area contributed by atoms with Crippen LogP contribution in [0.5, 0.6) is 0 Å². The molecule has 18 heavy (non-hydrogen) atoms. The molecule has 0 saturated carbocycles. The molecule has 100 valence electrons. The lowest BCUT2D eigenvalue weighted by molar-refractivity contribution is 0.0562. The molecule has 1 aromatic rings. The number of carbonyl (C=O) groups excluding carboxylic acids is 1. The van der Waals surface area contributed by atoms with Crippen LogP contribution < -0.4 is 0 Å². The molecule has 7 heteroatoms. The maximum absolute atomic E-state index is 13.7. The molecular formula is C11H15FN2O3S. The first-order chi connectivity index (χ1) is 8.28.